The van der Waals surface area contributed by atoms with Gasteiger partial charge in [0.2, 0.25) is 5.91 Å². The Morgan fingerprint density at radius 2 is 2.04 bits per heavy atom. The lowest BCUT2D eigenvalue weighted by molar-refractivity contribution is -0.117. The molecule has 0 radical (unpaired) electrons. The third kappa shape index (κ3) is 3.06. The van der Waals surface area contributed by atoms with Gasteiger partial charge in [0.1, 0.15) is 5.75 Å². The number of rotatable bonds is 4. The number of pyridine rings is 1. The third-order valence-electron chi connectivity index (χ3n) is 3.95. The molecule has 0 spiro atoms. The van der Waals surface area contributed by atoms with E-state index in [4.69, 9.17) is 4.74 Å². The number of hydrogen-bond acceptors (Lipinski definition) is 3. The number of aromatic nitrogens is 1. The smallest absolute Gasteiger partial charge is 0.232 e. The number of carbonyl (C=O) groups is 1. The molecule has 3 aromatic rings. The van der Waals surface area contributed by atoms with Crippen LogP contribution in [0.25, 0.3) is 10.8 Å². The van der Waals surface area contributed by atoms with Crippen LogP contribution in [0.1, 0.15) is 5.56 Å². The van der Waals surface area contributed by atoms with E-state index < -0.39 is 5.82 Å². The van der Waals surface area contributed by atoms with Crippen LogP contribution in [0.15, 0.2) is 54.7 Å². The Kier molecular flexibility index (Phi) is 4.42. The highest BCUT2D eigenvalue weighted by Gasteiger charge is 2.17. The van der Waals surface area contributed by atoms with Crippen molar-refractivity contribution < 1.29 is 13.9 Å². The van der Waals surface area contributed by atoms with Crippen LogP contribution in [0.3, 0.4) is 0 Å². The van der Waals surface area contributed by atoms with Gasteiger partial charge in [-0.25, -0.2) is 9.37 Å². The fourth-order valence-corrected chi connectivity index (χ4v) is 2.62. The van der Waals surface area contributed by atoms with Gasteiger partial charge in [-0.1, -0.05) is 24.3 Å². The van der Waals surface area contributed by atoms with E-state index in [1.807, 2.05) is 36.4 Å². The second kappa shape index (κ2) is 6.66. The van der Waals surface area contributed by atoms with Crippen LogP contribution in [-0.2, 0) is 11.2 Å². The Morgan fingerprint density at radius 3 is 2.79 bits per heavy atom. The fraction of sp³-hybridized carbons (Fsp3) is 0.158. The molecule has 0 N–H and O–H groups in total. The summed E-state index contributed by atoms with van der Waals surface area (Å²) in [7, 11) is 3.13. The second-order valence-corrected chi connectivity index (χ2v) is 5.44. The van der Waals surface area contributed by atoms with Crippen LogP contribution < -0.4 is 9.64 Å². The van der Waals surface area contributed by atoms with E-state index in [1.54, 1.807) is 7.11 Å². The van der Waals surface area contributed by atoms with E-state index in [1.165, 1.54) is 30.3 Å². The Balaban J connectivity index is 1.92. The first kappa shape index (κ1) is 15.9. The van der Waals surface area contributed by atoms with Crippen molar-refractivity contribution in [1.29, 1.82) is 0 Å². The Hall–Kier alpha value is -2.95. The minimum Gasteiger partial charge on any atom is -0.497 e. The van der Waals surface area contributed by atoms with Gasteiger partial charge in [0, 0.05) is 13.2 Å². The number of fused-ring (bicyclic) bond motifs is 1. The SMILES string of the molecule is COc1ccc2cccc(CC(=O)N(C)c3ncccc3F)c2c1. The molecule has 0 fully saturated rings. The summed E-state index contributed by atoms with van der Waals surface area (Å²) in [6, 6.07) is 14.3. The molecule has 0 aliphatic carbocycles. The van der Waals surface area contributed by atoms with E-state index in [0.717, 1.165) is 22.1 Å². The quantitative estimate of drug-likeness (QED) is 0.736. The van der Waals surface area contributed by atoms with Gasteiger partial charge in [-0.3, -0.25) is 9.69 Å². The fourth-order valence-electron chi connectivity index (χ4n) is 2.62. The maximum atomic E-state index is 13.8. The molecule has 0 atom stereocenters. The number of amides is 1. The van der Waals surface area contributed by atoms with Gasteiger partial charge in [0.25, 0.3) is 0 Å². The maximum Gasteiger partial charge on any atom is 0.232 e. The molecule has 122 valence electrons. The van der Waals surface area contributed by atoms with Gasteiger partial charge >= 0.3 is 0 Å². The number of anilines is 1. The maximum absolute atomic E-state index is 13.8. The normalized spacial score (nSPS) is 10.6. The Bertz CT molecular complexity index is 895. The van der Waals surface area contributed by atoms with Gasteiger partial charge in [-0.05, 0) is 40.6 Å². The first-order valence-electron chi connectivity index (χ1n) is 7.53. The zero-order chi connectivity index (χ0) is 17.1. The van der Waals surface area contributed by atoms with Crippen LogP contribution >= 0.6 is 0 Å². The number of ether oxygens (including phenoxy) is 1. The third-order valence-corrected chi connectivity index (χ3v) is 3.95. The average molecular weight is 324 g/mol. The van der Waals surface area contributed by atoms with E-state index in [2.05, 4.69) is 4.98 Å². The summed E-state index contributed by atoms with van der Waals surface area (Å²) >= 11 is 0. The van der Waals surface area contributed by atoms with Crippen molar-refractivity contribution in [2.45, 2.75) is 6.42 Å². The average Bonchev–Trinajstić information content (AvgIpc) is 2.61. The number of methoxy groups -OCH3 is 1. The number of benzene rings is 2. The van der Waals surface area contributed by atoms with Gasteiger partial charge in [-0.2, -0.15) is 0 Å². The Labute approximate surface area is 139 Å². The molecular weight excluding hydrogens is 307 g/mol. The summed E-state index contributed by atoms with van der Waals surface area (Å²) in [6.07, 6.45) is 1.61. The summed E-state index contributed by atoms with van der Waals surface area (Å²) in [5, 5.41) is 1.97. The molecule has 1 aromatic heterocycles. The van der Waals surface area contributed by atoms with Crippen LogP contribution in [-0.4, -0.2) is 25.0 Å². The molecule has 5 heteroatoms. The second-order valence-electron chi connectivity index (χ2n) is 5.44. The molecule has 0 aliphatic heterocycles. The first-order chi connectivity index (χ1) is 11.6. The van der Waals surface area contributed by atoms with Gasteiger partial charge in [0.05, 0.1) is 13.5 Å². The molecule has 0 unspecified atom stereocenters. The zero-order valence-electron chi connectivity index (χ0n) is 13.5. The Morgan fingerprint density at radius 1 is 1.21 bits per heavy atom. The van der Waals surface area contributed by atoms with Gasteiger partial charge < -0.3 is 4.74 Å². The minimum absolute atomic E-state index is 0.0281. The molecule has 3 rings (SSSR count). The van der Waals surface area contributed by atoms with Crippen molar-refractivity contribution in [3.8, 4) is 5.75 Å². The largest absolute Gasteiger partial charge is 0.497 e. The molecule has 4 nitrogen and oxygen atoms in total. The summed E-state index contributed by atoms with van der Waals surface area (Å²) in [6.45, 7) is 0. The van der Waals surface area contributed by atoms with E-state index in [9.17, 15) is 9.18 Å². The highest BCUT2D eigenvalue weighted by Crippen LogP contribution is 2.25. The molecule has 24 heavy (non-hydrogen) atoms. The van der Waals surface area contributed by atoms with Crippen LogP contribution in [0, 0.1) is 5.82 Å². The molecule has 0 saturated carbocycles. The minimum atomic E-state index is -0.520. The van der Waals surface area contributed by atoms with Crippen LogP contribution in [0.5, 0.6) is 5.75 Å². The molecule has 0 saturated heterocycles. The molecular formula is C19H17FN2O2. The summed E-state index contributed by atoms with van der Waals surface area (Å²) in [5.41, 5.74) is 0.861. The van der Waals surface area contributed by atoms with Crippen molar-refractivity contribution in [3.63, 3.8) is 0 Å². The van der Waals surface area contributed by atoms with Crippen LogP contribution in [0.2, 0.25) is 0 Å². The number of halogens is 1. The topological polar surface area (TPSA) is 42.4 Å². The van der Waals surface area contributed by atoms with E-state index in [0.29, 0.717) is 0 Å². The lowest BCUT2D eigenvalue weighted by Crippen LogP contribution is -2.29. The lowest BCUT2D eigenvalue weighted by Gasteiger charge is -2.17. The standard InChI is InChI=1S/C19H17FN2O2/c1-22(19-17(20)7-4-10-21-19)18(23)11-14-6-3-5-13-8-9-15(24-2)12-16(13)14/h3-10,12H,11H2,1-2H3. The summed E-state index contributed by atoms with van der Waals surface area (Å²) in [5.74, 6) is 0.00250. The molecule has 0 aliphatic rings. The van der Waals surface area contributed by atoms with Crippen molar-refractivity contribution in [3.05, 3.63) is 66.1 Å². The van der Waals surface area contributed by atoms with Gasteiger partial charge in [-0.15, -0.1) is 0 Å². The van der Waals surface area contributed by atoms with Crippen molar-refractivity contribution in [1.82, 2.24) is 4.98 Å². The molecule has 2 aromatic carbocycles. The van der Waals surface area contributed by atoms with E-state index in [-0.39, 0.29) is 18.1 Å². The van der Waals surface area contributed by atoms with Crippen molar-refractivity contribution >= 4 is 22.5 Å². The monoisotopic (exact) mass is 324 g/mol. The number of carbonyl (C=O) groups excluding carboxylic acids is 1. The van der Waals surface area contributed by atoms with Gasteiger partial charge in [0.15, 0.2) is 11.6 Å². The molecule has 1 amide bonds. The van der Waals surface area contributed by atoms with E-state index >= 15 is 0 Å². The number of nitrogens with zero attached hydrogens (tertiary/aromatic N) is 2. The lowest BCUT2D eigenvalue weighted by atomic mass is 10.0. The van der Waals surface area contributed by atoms with Crippen LogP contribution in [0.4, 0.5) is 10.2 Å². The predicted octanol–water partition coefficient (Wildman–Crippen LogP) is 3.59. The summed E-state index contributed by atoms with van der Waals surface area (Å²) < 4.78 is 19.1. The predicted molar refractivity (Wildman–Crippen MR) is 91.8 cm³/mol. The first-order valence-corrected chi connectivity index (χ1v) is 7.53. The molecule has 0 bridgehead atoms. The number of likely N-dealkylation sites (N-methyl/N-ethyl adjacent to an activating group) is 1. The highest BCUT2D eigenvalue weighted by atomic mass is 19.1. The van der Waals surface area contributed by atoms with Crippen molar-refractivity contribution in [2.75, 3.05) is 19.1 Å². The number of hydrogen-bond donors (Lipinski definition) is 0. The van der Waals surface area contributed by atoms with Crippen molar-refractivity contribution in [2.24, 2.45) is 0 Å². The molecule has 1 heterocycles. The highest BCUT2D eigenvalue weighted by molar-refractivity contribution is 5.97. The summed E-state index contributed by atoms with van der Waals surface area (Å²) in [4.78, 5) is 17.7. The zero-order valence-corrected chi connectivity index (χ0v) is 13.5.